The summed E-state index contributed by atoms with van der Waals surface area (Å²) in [7, 11) is 1.54. The first-order valence-corrected chi connectivity index (χ1v) is 11.5. The molecule has 0 fully saturated rings. The average Bonchev–Trinajstić information content (AvgIpc) is 2.86. The predicted octanol–water partition coefficient (Wildman–Crippen LogP) is 6.37. The Morgan fingerprint density at radius 3 is 2.47 bits per heavy atom. The fourth-order valence-corrected chi connectivity index (χ4v) is 3.63. The third kappa shape index (κ3) is 6.87. The maximum atomic E-state index is 12.7. The minimum atomic E-state index is -0.512. The number of carbonyl (C=O) groups is 1. The standard InChI is InChI=1S/C27H25BrN2O4/c1-3-13-33-26-24(28)15-20(16-25(26)32-2)14-21(17-29)27(31)30-22-9-11-23(12-10-22)34-18-19-7-5-4-6-8-19/h4-12,14-16H,3,13,18H2,1-2H3,(H,30,31)/b21-14+. The van der Waals surface area contributed by atoms with E-state index in [4.69, 9.17) is 14.2 Å². The van der Waals surface area contributed by atoms with Gasteiger partial charge in [-0.25, -0.2) is 0 Å². The largest absolute Gasteiger partial charge is 0.493 e. The van der Waals surface area contributed by atoms with Gasteiger partial charge in [-0.2, -0.15) is 5.26 Å². The van der Waals surface area contributed by atoms with Gasteiger partial charge in [0.25, 0.3) is 5.91 Å². The van der Waals surface area contributed by atoms with Crippen LogP contribution in [0, 0.1) is 11.3 Å². The maximum Gasteiger partial charge on any atom is 0.266 e. The number of hydrogen-bond acceptors (Lipinski definition) is 5. The lowest BCUT2D eigenvalue weighted by atomic mass is 10.1. The van der Waals surface area contributed by atoms with E-state index >= 15 is 0 Å². The van der Waals surface area contributed by atoms with Crippen molar-refractivity contribution in [3.63, 3.8) is 0 Å². The number of hydrogen-bond donors (Lipinski definition) is 1. The monoisotopic (exact) mass is 520 g/mol. The highest BCUT2D eigenvalue weighted by Crippen LogP contribution is 2.37. The third-order valence-corrected chi connectivity index (χ3v) is 5.33. The minimum absolute atomic E-state index is 0.0411. The van der Waals surface area contributed by atoms with E-state index in [9.17, 15) is 10.1 Å². The van der Waals surface area contributed by atoms with Gasteiger partial charge in [-0.15, -0.1) is 0 Å². The van der Waals surface area contributed by atoms with Gasteiger partial charge in [0, 0.05) is 5.69 Å². The zero-order chi connectivity index (χ0) is 24.3. The van der Waals surface area contributed by atoms with Crippen LogP contribution in [0.15, 0.2) is 76.8 Å². The van der Waals surface area contributed by atoms with Crippen LogP contribution in [-0.4, -0.2) is 19.6 Å². The summed E-state index contributed by atoms with van der Waals surface area (Å²) in [6.07, 6.45) is 2.36. The number of rotatable bonds is 10. The first-order valence-electron chi connectivity index (χ1n) is 10.7. The molecule has 0 heterocycles. The fraction of sp³-hybridized carbons (Fsp3) is 0.185. The van der Waals surface area contributed by atoms with Crippen molar-refractivity contribution in [2.75, 3.05) is 19.0 Å². The molecule has 0 aromatic heterocycles. The summed E-state index contributed by atoms with van der Waals surface area (Å²) in [6.45, 7) is 3.02. The average molecular weight is 521 g/mol. The second kappa shape index (κ2) is 12.5. The Labute approximate surface area is 207 Å². The Morgan fingerprint density at radius 1 is 1.09 bits per heavy atom. The number of benzene rings is 3. The SMILES string of the molecule is CCCOc1c(Br)cc(/C=C(\C#N)C(=O)Nc2ccc(OCc3ccccc3)cc2)cc1OC. The van der Waals surface area contributed by atoms with Crippen molar-refractivity contribution in [2.24, 2.45) is 0 Å². The smallest absolute Gasteiger partial charge is 0.266 e. The Bertz CT molecular complexity index is 1190. The van der Waals surface area contributed by atoms with Crippen molar-refractivity contribution in [1.82, 2.24) is 0 Å². The predicted molar refractivity (Wildman–Crippen MR) is 136 cm³/mol. The molecule has 3 aromatic carbocycles. The van der Waals surface area contributed by atoms with E-state index in [1.807, 2.05) is 43.3 Å². The van der Waals surface area contributed by atoms with Gasteiger partial charge in [0.1, 0.15) is 24.0 Å². The number of nitrogens with one attached hydrogen (secondary N) is 1. The van der Waals surface area contributed by atoms with Crippen LogP contribution < -0.4 is 19.5 Å². The molecule has 0 atom stereocenters. The Hall–Kier alpha value is -3.76. The number of nitriles is 1. The lowest BCUT2D eigenvalue weighted by Crippen LogP contribution is -2.13. The fourth-order valence-electron chi connectivity index (χ4n) is 3.06. The molecule has 0 unspecified atom stereocenters. The molecule has 0 aliphatic rings. The molecular weight excluding hydrogens is 496 g/mol. The molecule has 1 amide bonds. The van der Waals surface area contributed by atoms with Crippen molar-refractivity contribution in [3.8, 4) is 23.3 Å². The van der Waals surface area contributed by atoms with Crippen LogP contribution in [0.2, 0.25) is 0 Å². The first kappa shape index (κ1) is 24.9. The van der Waals surface area contributed by atoms with Crippen molar-refractivity contribution < 1.29 is 19.0 Å². The molecule has 0 aliphatic heterocycles. The molecule has 0 saturated heterocycles. The summed E-state index contributed by atoms with van der Waals surface area (Å²) in [5.74, 6) is 1.26. The summed E-state index contributed by atoms with van der Waals surface area (Å²) in [5, 5.41) is 12.3. The van der Waals surface area contributed by atoms with Crippen LogP contribution in [0.1, 0.15) is 24.5 Å². The van der Waals surface area contributed by atoms with Crippen molar-refractivity contribution in [2.45, 2.75) is 20.0 Å². The zero-order valence-electron chi connectivity index (χ0n) is 19.0. The van der Waals surface area contributed by atoms with E-state index in [-0.39, 0.29) is 5.57 Å². The molecule has 0 spiro atoms. The quantitative estimate of drug-likeness (QED) is 0.248. The van der Waals surface area contributed by atoms with E-state index in [2.05, 4.69) is 21.2 Å². The van der Waals surface area contributed by atoms with E-state index < -0.39 is 5.91 Å². The highest BCUT2D eigenvalue weighted by Gasteiger charge is 2.14. The molecule has 0 bridgehead atoms. The van der Waals surface area contributed by atoms with Crippen molar-refractivity contribution >= 4 is 33.6 Å². The molecule has 3 aromatic rings. The van der Waals surface area contributed by atoms with Crippen LogP contribution in [0.3, 0.4) is 0 Å². The van der Waals surface area contributed by atoms with E-state index in [1.165, 1.54) is 6.08 Å². The number of nitrogens with zero attached hydrogens (tertiary/aromatic N) is 1. The Kier molecular flexibility index (Phi) is 9.12. The van der Waals surface area contributed by atoms with Gasteiger partial charge >= 0.3 is 0 Å². The number of carbonyl (C=O) groups excluding carboxylic acids is 1. The number of anilines is 1. The molecule has 174 valence electrons. The Morgan fingerprint density at radius 2 is 1.82 bits per heavy atom. The lowest BCUT2D eigenvalue weighted by Gasteiger charge is -2.13. The molecule has 6 nitrogen and oxygen atoms in total. The Balaban J connectivity index is 1.68. The zero-order valence-corrected chi connectivity index (χ0v) is 20.6. The maximum absolute atomic E-state index is 12.7. The molecule has 3 rings (SSSR count). The second-order valence-electron chi connectivity index (χ2n) is 7.31. The van der Waals surface area contributed by atoms with Crippen LogP contribution in [0.25, 0.3) is 6.08 Å². The molecule has 7 heteroatoms. The number of amides is 1. The molecule has 0 aliphatic carbocycles. The molecule has 0 saturated carbocycles. The normalized spacial score (nSPS) is 10.8. The molecule has 0 radical (unpaired) electrons. The van der Waals surface area contributed by atoms with Gasteiger partial charge < -0.3 is 19.5 Å². The van der Waals surface area contributed by atoms with Crippen LogP contribution in [-0.2, 0) is 11.4 Å². The van der Waals surface area contributed by atoms with Gasteiger partial charge in [0.15, 0.2) is 11.5 Å². The van der Waals surface area contributed by atoms with Gasteiger partial charge in [-0.05, 0) is 76.0 Å². The topological polar surface area (TPSA) is 80.6 Å². The molecule has 1 N–H and O–H groups in total. The van der Waals surface area contributed by atoms with Gasteiger partial charge in [-0.1, -0.05) is 37.3 Å². The highest BCUT2D eigenvalue weighted by atomic mass is 79.9. The molecule has 34 heavy (non-hydrogen) atoms. The van der Waals surface area contributed by atoms with Crippen LogP contribution in [0.5, 0.6) is 17.2 Å². The van der Waals surface area contributed by atoms with E-state index in [0.29, 0.717) is 46.2 Å². The third-order valence-electron chi connectivity index (χ3n) is 4.74. The number of halogens is 1. The summed E-state index contributed by atoms with van der Waals surface area (Å²) in [5.41, 5.74) is 2.21. The number of methoxy groups -OCH3 is 1. The van der Waals surface area contributed by atoms with Gasteiger partial charge in [-0.3, -0.25) is 4.79 Å². The molecular formula is C27H25BrN2O4. The van der Waals surface area contributed by atoms with Gasteiger partial charge in [0.2, 0.25) is 0 Å². The van der Waals surface area contributed by atoms with E-state index in [0.717, 1.165) is 12.0 Å². The van der Waals surface area contributed by atoms with Crippen LogP contribution in [0.4, 0.5) is 5.69 Å². The van der Waals surface area contributed by atoms with Gasteiger partial charge in [0.05, 0.1) is 18.2 Å². The van der Waals surface area contributed by atoms with E-state index in [1.54, 1.807) is 43.5 Å². The summed E-state index contributed by atoms with van der Waals surface area (Å²) >= 11 is 3.48. The number of ether oxygens (including phenoxy) is 3. The minimum Gasteiger partial charge on any atom is -0.493 e. The first-order chi connectivity index (χ1) is 16.5. The highest BCUT2D eigenvalue weighted by molar-refractivity contribution is 9.10. The second-order valence-corrected chi connectivity index (χ2v) is 8.16. The van der Waals surface area contributed by atoms with Crippen molar-refractivity contribution in [3.05, 3.63) is 87.9 Å². The summed E-state index contributed by atoms with van der Waals surface area (Å²) in [4.78, 5) is 12.7. The van der Waals surface area contributed by atoms with Crippen molar-refractivity contribution in [1.29, 1.82) is 5.26 Å². The van der Waals surface area contributed by atoms with Crippen LogP contribution >= 0.6 is 15.9 Å². The summed E-state index contributed by atoms with van der Waals surface area (Å²) < 4.78 is 17.6. The summed E-state index contributed by atoms with van der Waals surface area (Å²) in [6, 6.07) is 22.3. The lowest BCUT2D eigenvalue weighted by molar-refractivity contribution is -0.112.